The maximum absolute atomic E-state index is 7.51. The Morgan fingerprint density at radius 3 is 2.73 bits per heavy atom. The topological polar surface area (TPSA) is 23.8 Å². The molecule has 1 N–H and O–H groups in total. The van der Waals surface area contributed by atoms with Gasteiger partial charge in [0.25, 0.3) is 0 Å². The molecular weight excluding hydrogens is 134 g/mol. The van der Waals surface area contributed by atoms with E-state index in [1.165, 1.54) is 0 Å². The van der Waals surface area contributed by atoms with E-state index in [1.807, 2.05) is 30.3 Å². The highest BCUT2D eigenvalue weighted by molar-refractivity contribution is 5.91. The molecule has 52 valence electrons. The number of hydrogen-bond donors (Lipinski definition) is 0. The van der Waals surface area contributed by atoms with E-state index in [1.54, 1.807) is 6.07 Å². The van der Waals surface area contributed by atoms with Gasteiger partial charge in [0.2, 0.25) is 0 Å². The van der Waals surface area contributed by atoms with Crippen molar-refractivity contribution in [2.24, 2.45) is 0 Å². The normalized spacial score (nSPS) is 10.2. The largest absolute Gasteiger partial charge is 0.300 e. The fourth-order valence-corrected chi connectivity index (χ4v) is 1.16. The summed E-state index contributed by atoms with van der Waals surface area (Å²) in [4.78, 5) is 0. The third kappa shape index (κ3) is 0.944. The van der Waals surface area contributed by atoms with E-state index >= 15 is 0 Å². The van der Waals surface area contributed by atoms with Crippen molar-refractivity contribution in [2.45, 2.75) is 0 Å². The lowest BCUT2D eigenvalue weighted by Crippen LogP contribution is -1.74. The molecule has 2 aromatic rings. The highest BCUT2D eigenvalue weighted by atomic mass is 14.5. The highest BCUT2D eigenvalue weighted by Crippen LogP contribution is 2.19. The summed E-state index contributed by atoms with van der Waals surface area (Å²) in [5.74, 6) is 0. The zero-order valence-electron chi connectivity index (χ0n) is 5.96. The van der Waals surface area contributed by atoms with Crippen LogP contribution in [0.25, 0.3) is 10.8 Å². The van der Waals surface area contributed by atoms with Crippen LogP contribution in [0.3, 0.4) is 0 Å². The standard InChI is InChI=1S/C10H7N/c11-10-7-3-5-8-4-1-2-6-9(8)10/h1-6,11H. The van der Waals surface area contributed by atoms with E-state index in [4.69, 9.17) is 5.73 Å². The zero-order valence-corrected chi connectivity index (χ0v) is 5.96. The van der Waals surface area contributed by atoms with Crippen LogP contribution in [0.1, 0.15) is 0 Å². The van der Waals surface area contributed by atoms with E-state index < -0.39 is 0 Å². The molecule has 0 aliphatic carbocycles. The summed E-state index contributed by atoms with van der Waals surface area (Å²) >= 11 is 0. The Kier molecular flexibility index (Phi) is 1.29. The molecule has 0 saturated heterocycles. The molecule has 2 rings (SSSR count). The zero-order chi connectivity index (χ0) is 7.68. The molecule has 1 heteroatoms. The quantitative estimate of drug-likeness (QED) is 0.538. The molecule has 0 saturated carbocycles. The van der Waals surface area contributed by atoms with Gasteiger partial charge in [-0.3, -0.25) is 5.73 Å². The first kappa shape index (κ1) is 6.23. The second-order valence-corrected chi connectivity index (χ2v) is 2.44. The smallest absolute Gasteiger partial charge is 0.0697 e. The summed E-state index contributed by atoms with van der Waals surface area (Å²) in [6, 6.07) is 14.4. The van der Waals surface area contributed by atoms with Gasteiger partial charge in [-0.25, -0.2) is 0 Å². The Morgan fingerprint density at radius 2 is 1.91 bits per heavy atom. The van der Waals surface area contributed by atoms with Crippen molar-refractivity contribution in [3.63, 3.8) is 0 Å². The molecular formula is C10H7N. The maximum atomic E-state index is 7.51. The number of rotatable bonds is 0. The van der Waals surface area contributed by atoms with E-state index in [9.17, 15) is 0 Å². The van der Waals surface area contributed by atoms with E-state index in [0.29, 0.717) is 5.69 Å². The lowest BCUT2D eigenvalue weighted by atomic mass is 10.1. The summed E-state index contributed by atoms with van der Waals surface area (Å²) in [5, 5.41) is 2.08. The first-order valence-corrected chi connectivity index (χ1v) is 3.49. The van der Waals surface area contributed by atoms with Crippen molar-refractivity contribution < 1.29 is 0 Å². The SMILES string of the molecule is [NH]c1[c]ccc2ccccc12. The lowest BCUT2D eigenvalue weighted by Gasteiger charge is -1.97. The van der Waals surface area contributed by atoms with Gasteiger partial charge in [-0.15, -0.1) is 0 Å². The minimum Gasteiger partial charge on any atom is -0.300 e. The van der Waals surface area contributed by atoms with Gasteiger partial charge in [0.05, 0.1) is 5.69 Å². The van der Waals surface area contributed by atoms with Crippen molar-refractivity contribution >= 4 is 16.5 Å². The third-order valence-electron chi connectivity index (χ3n) is 1.72. The molecule has 0 aliphatic rings. The van der Waals surface area contributed by atoms with Crippen LogP contribution in [0.4, 0.5) is 5.69 Å². The average Bonchev–Trinajstić information content (AvgIpc) is 2.06. The molecule has 0 fully saturated rings. The number of nitrogens with one attached hydrogen (secondary N) is 1. The van der Waals surface area contributed by atoms with E-state index in [-0.39, 0.29) is 0 Å². The minimum absolute atomic E-state index is 0.475. The van der Waals surface area contributed by atoms with Crippen molar-refractivity contribution in [3.8, 4) is 0 Å². The summed E-state index contributed by atoms with van der Waals surface area (Å²) in [7, 11) is 0. The number of fused-ring (bicyclic) bond motifs is 1. The molecule has 0 amide bonds. The Labute approximate surface area is 65.5 Å². The van der Waals surface area contributed by atoms with Gasteiger partial charge in [-0.05, 0) is 5.39 Å². The van der Waals surface area contributed by atoms with E-state index in [2.05, 4.69) is 6.07 Å². The predicted octanol–water partition coefficient (Wildman–Crippen LogP) is 2.55. The molecule has 0 heterocycles. The average molecular weight is 141 g/mol. The monoisotopic (exact) mass is 141 g/mol. The van der Waals surface area contributed by atoms with Gasteiger partial charge >= 0.3 is 0 Å². The Balaban J connectivity index is 2.91. The Bertz CT molecular complexity index is 374. The lowest BCUT2D eigenvalue weighted by molar-refractivity contribution is 1.52. The molecule has 0 aliphatic heterocycles. The van der Waals surface area contributed by atoms with Crippen molar-refractivity contribution in [3.05, 3.63) is 42.5 Å². The van der Waals surface area contributed by atoms with Crippen LogP contribution in [0.15, 0.2) is 36.4 Å². The molecule has 1 nitrogen and oxygen atoms in total. The van der Waals surface area contributed by atoms with E-state index in [0.717, 1.165) is 10.8 Å². The summed E-state index contributed by atoms with van der Waals surface area (Å²) < 4.78 is 0. The third-order valence-corrected chi connectivity index (χ3v) is 1.72. The predicted molar refractivity (Wildman–Crippen MR) is 45.5 cm³/mol. The van der Waals surface area contributed by atoms with Crippen molar-refractivity contribution in [1.29, 1.82) is 0 Å². The van der Waals surface area contributed by atoms with Crippen LogP contribution in [-0.2, 0) is 0 Å². The molecule has 0 unspecified atom stereocenters. The molecule has 11 heavy (non-hydrogen) atoms. The fraction of sp³-hybridized carbons (Fsp3) is 0. The van der Waals surface area contributed by atoms with Crippen LogP contribution >= 0.6 is 0 Å². The summed E-state index contributed by atoms with van der Waals surface area (Å²) in [5.41, 5.74) is 7.98. The van der Waals surface area contributed by atoms with Gasteiger partial charge in [-0.1, -0.05) is 36.4 Å². The Hall–Kier alpha value is -1.50. The number of hydrogen-bond acceptors (Lipinski definition) is 0. The molecule has 0 aromatic heterocycles. The van der Waals surface area contributed by atoms with Gasteiger partial charge in [0, 0.05) is 11.5 Å². The summed E-state index contributed by atoms with van der Waals surface area (Å²) in [6.45, 7) is 0. The second-order valence-electron chi connectivity index (χ2n) is 2.44. The van der Waals surface area contributed by atoms with Crippen LogP contribution in [0.2, 0.25) is 0 Å². The first-order chi connectivity index (χ1) is 5.38. The fourth-order valence-electron chi connectivity index (χ4n) is 1.16. The maximum Gasteiger partial charge on any atom is 0.0697 e. The first-order valence-electron chi connectivity index (χ1n) is 3.49. The number of benzene rings is 2. The van der Waals surface area contributed by atoms with Gasteiger partial charge in [-0.2, -0.15) is 0 Å². The molecule has 2 aromatic carbocycles. The van der Waals surface area contributed by atoms with Crippen LogP contribution in [0.5, 0.6) is 0 Å². The molecule has 2 radical (unpaired) electrons. The Morgan fingerprint density at radius 1 is 1.09 bits per heavy atom. The van der Waals surface area contributed by atoms with Gasteiger partial charge in [0.15, 0.2) is 0 Å². The minimum atomic E-state index is 0.475. The second kappa shape index (κ2) is 2.27. The van der Waals surface area contributed by atoms with Crippen LogP contribution < -0.4 is 5.73 Å². The van der Waals surface area contributed by atoms with Gasteiger partial charge < -0.3 is 0 Å². The van der Waals surface area contributed by atoms with Crippen molar-refractivity contribution in [1.82, 2.24) is 5.73 Å². The molecule has 0 spiro atoms. The van der Waals surface area contributed by atoms with Crippen molar-refractivity contribution in [2.75, 3.05) is 0 Å². The van der Waals surface area contributed by atoms with Crippen LogP contribution in [0, 0.1) is 6.07 Å². The highest BCUT2D eigenvalue weighted by Gasteiger charge is 1.94. The van der Waals surface area contributed by atoms with Crippen LogP contribution in [-0.4, -0.2) is 0 Å². The molecule has 0 atom stereocenters. The molecule has 0 bridgehead atoms. The summed E-state index contributed by atoms with van der Waals surface area (Å²) in [6.07, 6.45) is 0. The van der Waals surface area contributed by atoms with Gasteiger partial charge in [0.1, 0.15) is 0 Å².